The maximum Gasteiger partial charge on any atom is 0.270 e. The Morgan fingerprint density at radius 3 is 2.53 bits per heavy atom. The van der Waals surface area contributed by atoms with Crippen LogP contribution in [0.2, 0.25) is 0 Å². The quantitative estimate of drug-likeness (QED) is 0.628. The third kappa shape index (κ3) is 2.93. The van der Waals surface area contributed by atoms with Crippen LogP contribution >= 0.6 is 0 Å². The lowest BCUT2D eigenvalue weighted by Crippen LogP contribution is -2.37. The van der Waals surface area contributed by atoms with Gasteiger partial charge in [0.15, 0.2) is 0 Å². The maximum atomic E-state index is 12.4. The number of piperidine rings is 1. The molecule has 104 valence electrons. The molecule has 0 amide bonds. The highest BCUT2D eigenvalue weighted by Gasteiger charge is 2.28. The molecule has 1 fully saturated rings. The Hall–Kier alpha value is -1.47. The first-order valence-electron chi connectivity index (χ1n) is 6.16. The average Bonchev–Trinajstić information content (AvgIpc) is 2.39. The monoisotopic (exact) mass is 284 g/mol. The van der Waals surface area contributed by atoms with E-state index in [0.717, 1.165) is 18.9 Å². The molecule has 0 saturated carbocycles. The molecule has 0 atom stereocenters. The van der Waals surface area contributed by atoms with Gasteiger partial charge in [0.25, 0.3) is 5.69 Å². The van der Waals surface area contributed by atoms with E-state index in [4.69, 9.17) is 0 Å². The van der Waals surface area contributed by atoms with Gasteiger partial charge in [0.1, 0.15) is 0 Å². The first-order chi connectivity index (χ1) is 8.91. The highest BCUT2D eigenvalue weighted by Crippen LogP contribution is 2.25. The summed E-state index contributed by atoms with van der Waals surface area (Å²) >= 11 is 0. The van der Waals surface area contributed by atoms with Crippen molar-refractivity contribution < 1.29 is 13.3 Å². The van der Waals surface area contributed by atoms with Gasteiger partial charge in [-0.25, -0.2) is 8.42 Å². The van der Waals surface area contributed by atoms with Crippen molar-refractivity contribution in [3.05, 3.63) is 34.4 Å². The van der Waals surface area contributed by atoms with Crippen LogP contribution in [0.15, 0.2) is 29.2 Å². The number of nitro groups is 1. The van der Waals surface area contributed by atoms with Crippen molar-refractivity contribution in [2.75, 3.05) is 13.1 Å². The number of benzene rings is 1. The largest absolute Gasteiger partial charge is 0.270 e. The number of nitro benzene ring substituents is 1. The fourth-order valence-corrected chi connectivity index (χ4v) is 3.64. The van der Waals surface area contributed by atoms with Gasteiger partial charge in [-0.1, -0.05) is 13.0 Å². The van der Waals surface area contributed by atoms with Crippen LogP contribution in [0.3, 0.4) is 0 Å². The van der Waals surface area contributed by atoms with E-state index in [9.17, 15) is 18.5 Å². The summed E-state index contributed by atoms with van der Waals surface area (Å²) in [5.41, 5.74) is -0.202. The first kappa shape index (κ1) is 14.0. The predicted molar refractivity (Wildman–Crippen MR) is 70.3 cm³/mol. The van der Waals surface area contributed by atoms with E-state index in [-0.39, 0.29) is 10.6 Å². The highest BCUT2D eigenvalue weighted by molar-refractivity contribution is 7.89. The molecule has 0 aromatic heterocycles. The fourth-order valence-electron chi connectivity index (χ4n) is 2.13. The summed E-state index contributed by atoms with van der Waals surface area (Å²) in [6.07, 6.45) is 1.66. The zero-order valence-electron chi connectivity index (χ0n) is 10.7. The molecule has 6 nitrogen and oxygen atoms in total. The van der Waals surface area contributed by atoms with Gasteiger partial charge in [0, 0.05) is 25.2 Å². The smallest absolute Gasteiger partial charge is 0.258 e. The Balaban J connectivity index is 2.29. The number of rotatable bonds is 3. The van der Waals surface area contributed by atoms with Crippen LogP contribution in [0.5, 0.6) is 0 Å². The second-order valence-corrected chi connectivity index (χ2v) is 6.78. The molecule has 0 aliphatic carbocycles. The van der Waals surface area contributed by atoms with Crippen LogP contribution in [-0.2, 0) is 10.0 Å². The zero-order valence-corrected chi connectivity index (χ0v) is 11.5. The molecule has 2 rings (SSSR count). The van der Waals surface area contributed by atoms with E-state index < -0.39 is 14.9 Å². The topological polar surface area (TPSA) is 80.5 Å². The van der Waals surface area contributed by atoms with Gasteiger partial charge < -0.3 is 0 Å². The van der Waals surface area contributed by atoms with E-state index in [0.29, 0.717) is 19.0 Å². The van der Waals surface area contributed by atoms with Gasteiger partial charge in [-0.3, -0.25) is 10.1 Å². The van der Waals surface area contributed by atoms with E-state index in [1.807, 2.05) is 0 Å². The van der Waals surface area contributed by atoms with Crippen LogP contribution in [0, 0.1) is 16.0 Å². The third-order valence-electron chi connectivity index (χ3n) is 3.41. The zero-order chi connectivity index (χ0) is 14.0. The van der Waals surface area contributed by atoms with Crippen molar-refractivity contribution in [1.29, 1.82) is 0 Å². The summed E-state index contributed by atoms with van der Waals surface area (Å²) in [6, 6.07) is 5.21. The predicted octanol–water partition coefficient (Wildman–Crippen LogP) is 2.02. The van der Waals surface area contributed by atoms with E-state index in [1.54, 1.807) is 0 Å². The van der Waals surface area contributed by atoms with Gasteiger partial charge in [-0.15, -0.1) is 0 Å². The van der Waals surface area contributed by atoms with E-state index >= 15 is 0 Å². The Morgan fingerprint density at radius 2 is 1.95 bits per heavy atom. The molecule has 1 aromatic carbocycles. The molecule has 0 unspecified atom stereocenters. The molecule has 7 heteroatoms. The minimum atomic E-state index is -3.61. The fraction of sp³-hybridized carbons (Fsp3) is 0.500. The van der Waals surface area contributed by atoms with Crippen LogP contribution in [0.4, 0.5) is 5.69 Å². The average molecular weight is 284 g/mol. The summed E-state index contributed by atoms with van der Waals surface area (Å²) in [6.45, 7) is 3.05. The summed E-state index contributed by atoms with van der Waals surface area (Å²) in [7, 11) is -3.61. The van der Waals surface area contributed by atoms with Crippen LogP contribution in [0.1, 0.15) is 19.8 Å². The highest BCUT2D eigenvalue weighted by atomic mass is 32.2. The van der Waals surface area contributed by atoms with Gasteiger partial charge in [0.2, 0.25) is 10.0 Å². The second kappa shape index (κ2) is 5.26. The van der Waals surface area contributed by atoms with Crippen LogP contribution < -0.4 is 0 Å². The second-order valence-electron chi connectivity index (χ2n) is 4.84. The van der Waals surface area contributed by atoms with Crippen molar-refractivity contribution in [1.82, 2.24) is 4.31 Å². The molecule has 19 heavy (non-hydrogen) atoms. The Bertz CT molecular complexity index is 577. The van der Waals surface area contributed by atoms with Crippen LogP contribution in [-0.4, -0.2) is 30.7 Å². The van der Waals surface area contributed by atoms with E-state index in [2.05, 4.69) is 6.92 Å². The van der Waals surface area contributed by atoms with Gasteiger partial charge in [-0.2, -0.15) is 4.31 Å². The van der Waals surface area contributed by atoms with Gasteiger partial charge in [0.05, 0.1) is 9.82 Å². The number of nitrogens with zero attached hydrogens (tertiary/aromatic N) is 2. The maximum absolute atomic E-state index is 12.4. The van der Waals surface area contributed by atoms with E-state index in [1.165, 1.54) is 22.5 Å². The molecular weight excluding hydrogens is 268 g/mol. The van der Waals surface area contributed by atoms with Crippen molar-refractivity contribution >= 4 is 15.7 Å². The lowest BCUT2D eigenvalue weighted by atomic mass is 10.0. The third-order valence-corrected chi connectivity index (χ3v) is 5.30. The number of hydrogen-bond donors (Lipinski definition) is 0. The summed E-state index contributed by atoms with van der Waals surface area (Å²) in [5, 5.41) is 10.7. The molecule has 0 radical (unpaired) electrons. The minimum absolute atomic E-state index is 0.00347. The Labute approximate surface area is 112 Å². The molecule has 1 aromatic rings. The van der Waals surface area contributed by atoms with Crippen LogP contribution in [0.25, 0.3) is 0 Å². The molecule has 0 spiro atoms. The standard InChI is InChI=1S/C12H16N2O4S/c1-10-5-7-13(8-6-10)19(17,18)12-4-2-3-11(9-12)14(15)16/h2-4,9-10H,5-8H2,1H3. The molecule has 1 saturated heterocycles. The normalized spacial score (nSPS) is 18.4. The molecule has 0 bridgehead atoms. The minimum Gasteiger partial charge on any atom is -0.258 e. The molecule has 0 N–H and O–H groups in total. The SMILES string of the molecule is CC1CCN(S(=O)(=O)c2cccc([N+](=O)[O-])c2)CC1. The van der Waals surface area contributed by atoms with Gasteiger partial charge >= 0.3 is 0 Å². The molecule has 1 aliphatic rings. The lowest BCUT2D eigenvalue weighted by Gasteiger charge is -2.29. The lowest BCUT2D eigenvalue weighted by molar-refractivity contribution is -0.385. The number of sulfonamides is 1. The summed E-state index contributed by atoms with van der Waals surface area (Å²) < 4.78 is 26.2. The number of hydrogen-bond acceptors (Lipinski definition) is 4. The van der Waals surface area contributed by atoms with Gasteiger partial charge in [-0.05, 0) is 24.8 Å². The number of non-ortho nitro benzene ring substituents is 1. The molecular formula is C12H16N2O4S. The van der Waals surface area contributed by atoms with Crippen molar-refractivity contribution in [2.45, 2.75) is 24.7 Å². The van der Waals surface area contributed by atoms with Crippen molar-refractivity contribution in [2.24, 2.45) is 5.92 Å². The van der Waals surface area contributed by atoms with Crippen molar-refractivity contribution in [3.63, 3.8) is 0 Å². The summed E-state index contributed by atoms with van der Waals surface area (Å²) in [5.74, 6) is 0.525. The summed E-state index contributed by atoms with van der Waals surface area (Å²) in [4.78, 5) is 10.1. The first-order valence-corrected chi connectivity index (χ1v) is 7.60. The Morgan fingerprint density at radius 1 is 1.32 bits per heavy atom. The van der Waals surface area contributed by atoms with Crippen molar-refractivity contribution in [3.8, 4) is 0 Å². The Kier molecular flexibility index (Phi) is 3.86. The molecule has 1 heterocycles. The molecule has 1 aliphatic heterocycles.